The predicted molar refractivity (Wildman–Crippen MR) is 113 cm³/mol. The summed E-state index contributed by atoms with van der Waals surface area (Å²) in [4.78, 5) is 31.0. The first-order chi connectivity index (χ1) is 14.5. The molecule has 0 atom stereocenters. The highest BCUT2D eigenvalue weighted by Gasteiger charge is 2.12. The molecule has 2 heterocycles. The molecule has 2 aromatic carbocycles. The molecule has 0 aliphatic heterocycles. The number of nitrogens with zero attached hydrogens (tertiary/aromatic N) is 3. The Labute approximate surface area is 175 Å². The molecule has 0 aliphatic carbocycles. The largest absolute Gasteiger partial charge is 0.434 e. The number of hydrogen-bond donors (Lipinski definition) is 1. The maximum atomic E-state index is 12.1. The molecule has 0 saturated carbocycles. The van der Waals surface area contributed by atoms with Gasteiger partial charge in [-0.2, -0.15) is 4.98 Å². The summed E-state index contributed by atoms with van der Waals surface area (Å²) in [6, 6.07) is 14.8. The van der Waals surface area contributed by atoms with Crippen molar-refractivity contribution in [1.29, 1.82) is 0 Å². The number of nitro groups is 1. The van der Waals surface area contributed by atoms with Crippen molar-refractivity contribution >= 4 is 46.2 Å². The van der Waals surface area contributed by atoms with Crippen molar-refractivity contribution < 1.29 is 14.1 Å². The minimum Gasteiger partial charge on any atom is -0.434 e. The molecule has 0 bridgehead atoms. The monoisotopic (exact) mass is 420 g/mol. The van der Waals surface area contributed by atoms with E-state index in [4.69, 9.17) is 16.0 Å². The Morgan fingerprint density at radius 1 is 1.17 bits per heavy atom. The van der Waals surface area contributed by atoms with Crippen LogP contribution in [-0.2, 0) is 4.79 Å². The average molecular weight is 421 g/mol. The van der Waals surface area contributed by atoms with Crippen molar-refractivity contribution in [2.75, 3.05) is 5.32 Å². The molecule has 0 aliphatic rings. The molecule has 148 valence electrons. The number of carbonyl (C=O) groups is 1. The quantitative estimate of drug-likeness (QED) is 0.273. The fourth-order valence-corrected chi connectivity index (χ4v) is 2.90. The van der Waals surface area contributed by atoms with Crippen LogP contribution in [0.2, 0.25) is 5.02 Å². The summed E-state index contributed by atoms with van der Waals surface area (Å²) in [7, 11) is 0. The maximum absolute atomic E-state index is 12.1. The van der Waals surface area contributed by atoms with Crippen molar-refractivity contribution in [2.24, 2.45) is 0 Å². The zero-order chi connectivity index (χ0) is 21.1. The molecule has 8 nitrogen and oxygen atoms in total. The molecule has 4 aromatic rings. The van der Waals surface area contributed by atoms with Crippen LogP contribution >= 0.6 is 11.6 Å². The van der Waals surface area contributed by atoms with Crippen molar-refractivity contribution in [3.05, 3.63) is 87.6 Å². The average Bonchev–Trinajstić information content (AvgIpc) is 3.18. The summed E-state index contributed by atoms with van der Waals surface area (Å²) >= 11 is 5.78. The Bertz CT molecular complexity index is 1250. The molecule has 0 saturated heterocycles. The standard InChI is InChI=1S/C21H13ClN4O4/c22-16-9-3-13(12-17(16)26(28)29)4-10-19(27)24-15-7-5-14(6-8-15)21-25-20-18(30-21)2-1-11-23-20/h1-12H,(H,24,27). The molecule has 1 N–H and O–H groups in total. The summed E-state index contributed by atoms with van der Waals surface area (Å²) in [6.45, 7) is 0. The molecule has 0 radical (unpaired) electrons. The van der Waals surface area contributed by atoms with Gasteiger partial charge in [0, 0.05) is 29.6 Å². The lowest BCUT2D eigenvalue weighted by atomic mass is 10.2. The van der Waals surface area contributed by atoms with Gasteiger partial charge in [0.15, 0.2) is 11.2 Å². The van der Waals surface area contributed by atoms with Crippen LogP contribution in [0.15, 0.2) is 71.3 Å². The number of hydrogen-bond acceptors (Lipinski definition) is 6. The lowest BCUT2D eigenvalue weighted by Crippen LogP contribution is -2.07. The smallest absolute Gasteiger partial charge is 0.288 e. The molecule has 0 fully saturated rings. The Balaban J connectivity index is 1.44. The topological polar surface area (TPSA) is 111 Å². The Hall–Kier alpha value is -4.04. The van der Waals surface area contributed by atoms with E-state index in [9.17, 15) is 14.9 Å². The zero-order valence-electron chi connectivity index (χ0n) is 15.3. The Morgan fingerprint density at radius 3 is 2.70 bits per heavy atom. The Morgan fingerprint density at radius 2 is 1.97 bits per heavy atom. The number of benzene rings is 2. The van der Waals surface area contributed by atoms with Gasteiger partial charge in [0.2, 0.25) is 11.8 Å². The highest BCUT2D eigenvalue weighted by Crippen LogP contribution is 2.26. The highest BCUT2D eigenvalue weighted by atomic mass is 35.5. The van der Waals surface area contributed by atoms with Gasteiger partial charge in [-0.15, -0.1) is 0 Å². The molecule has 30 heavy (non-hydrogen) atoms. The third-order valence-electron chi connectivity index (χ3n) is 4.16. The second-order valence-corrected chi connectivity index (χ2v) is 6.62. The third-order valence-corrected chi connectivity index (χ3v) is 4.48. The Kier molecular flexibility index (Phi) is 5.23. The zero-order valence-corrected chi connectivity index (χ0v) is 16.0. The van der Waals surface area contributed by atoms with Gasteiger partial charge in [0.25, 0.3) is 5.69 Å². The highest BCUT2D eigenvalue weighted by molar-refractivity contribution is 6.32. The molecule has 0 spiro atoms. The minimum absolute atomic E-state index is 0.0383. The SMILES string of the molecule is O=C(C=Cc1ccc(Cl)c([N+](=O)[O-])c1)Nc1ccc(-c2nc3ncccc3o2)cc1. The van der Waals surface area contributed by atoms with Gasteiger partial charge >= 0.3 is 0 Å². The number of halogens is 1. The maximum Gasteiger partial charge on any atom is 0.288 e. The van der Waals surface area contributed by atoms with E-state index >= 15 is 0 Å². The lowest BCUT2D eigenvalue weighted by molar-refractivity contribution is -0.384. The van der Waals surface area contributed by atoms with Gasteiger partial charge < -0.3 is 9.73 Å². The van der Waals surface area contributed by atoms with E-state index in [1.165, 1.54) is 24.3 Å². The third kappa shape index (κ3) is 4.18. The molecule has 1 amide bonds. The number of pyridine rings is 1. The van der Waals surface area contributed by atoms with Crippen LogP contribution in [-0.4, -0.2) is 20.8 Å². The van der Waals surface area contributed by atoms with Crippen LogP contribution in [0.4, 0.5) is 11.4 Å². The van der Waals surface area contributed by atoms with E-state index < -0.39 is 4.92 Å². The van der Waals surface area contributed by atoms with Gasteiger partial charge in [-0.05, 0) is 54.1 Å². The van der Waals surface area contributed by atoms with E-state index in [2.05, 4.69) is 15.3 Å². The number of nitro benzene ring substituents is 1. The van der Waals surface area contributed by atoms with Crippen LogP contribution in [0.1, 0.15) is 5.56 Å². The van der Waals surface area contributed by atoms with Gasteiger partial charge in [0.05, 0.1) is 4.92 Å². The van der Waals surface area contributed by atoms with E-state index in [0.717, 1.165) is 5.56 Å². The van der Waals surface area contributed by atoms with Crippen molar-refractivity contribution in [3.8, 4) is 11.5 Å². The molecular weight excluding hydrogens is 408 g/mol. The number of amides is 1. The van der Waals surface area contributed by atoms with Crippen LogP contribution in [0, 0.1) is 10.1 Å². The fourth-order valence-electron chi connectivity index (χ4n) is 2.72. The molecular formula is C21H13ClN4O4. The normalized spacial score (nSPS) is 11.1. The summed E-state index contributed by atoms with van der Waals surface area (Å²) in [6.07, 6.45) is 4.40. The van der Waals surface area contributed by atoms with Crippen molar-refractivity contribution in [2.45, 2.75) is 0 Å². The van der Waals surface area contributed by atoms with E-state index in [1.54, 1.807) is 48.7 Å². The number of oxazole rings is 1. The molecule has 4 rings (SSSR count). The minimum atomic E-state index is -0.575. The number of aromatic nitrogens is 2. The van der Waals surface area contributed by atoms with Crippen LogP contribution < -0.4 is 5.32 Å². The van der Waals surface area contributed by atoms with Gasteiger partial charge in [0.1, 0.15) is 5.02 Å². The summed E-state index contributed by atoms with van der Waals surface area (Å²) in [5.74, 6) is 0.0530. The first kappa shape index (κ1) is 19.3. The van der Waals surface area contributed by atoms with E-state index in [0.29, 0.717) is 28.4 Å². The van der Waals surface area contributed by atoms with Gasteiger partial charge in [-0.25, -0.2) is 4.98 Å². The second kappa shape index (κ2) is 8.14. The van der Waals surface area contributed by atoms with Gasteiger partial charge in [-0.3, -0.25) is 14.9 Å². The summed E-state index contributed by atoms with van der Waals surface area (Å²) < 4.78 is 5.67. The first-order valence-corrected chi connectivity index (χ1v) is 9.12. The number of carbonyl (C=O) groups excluding carboxylic acids is 1. The lowest BCUT2D eigenvalue weighted by Gasteiger charge is -2.03. The summed E-state index contributed by atoms with van der Waals surface area (Å²) in [5, 5.41) is 13.7. The number of anilines is 1. The number of nitrogens with one attached hydrogen (secondary N) is 1. The van der Waals surface area contributed by atoms with Crippen molar-refractivity contribution in [3.63, 3.8) is 0 Å². The van der Waals surface area contributed by atoms with Crippen LogP contribution in [0.3, 0.4) is 0 Å². The molecule has 2 aromatic heterocycles. The number of rotatable bonds is 5. The van der Waals surface area contributed by atoms with E-state index in [-0.39, 0.29) is 16.6 Å². The first-order valence-electron chi connectivity index (χ1n) is 8.74. The fraction of sp³-hybridized carbons (Fsp3) is 0. The predicted octanol–water partition coefficient (Wildman–Crippen LogP) is 5.10. The second-order valence-electron chi connectivity index (χ2n) is 6.21. The number of fused-ring (bicyclic) bond motifs is 1. The molecule has 0 unspecified atom stereocenters. The summed E-state index contributed by atoms with van der Waals surface area (Å²) in [5.41, 5.74) is 2.71. The molecule has 9 heteroatoms. The van der Waals surface area contributed by atoms with E-state index in [1.807, 2.05) is 0 Å². The van der Waals surface area contributed by atoms with Crippen LogP contribution in [0.5, 0.6) is 0 Å². The van der Waals surface area contributed by atoms with Gasteiger partial charge in [-0.1, -0.05) is 17.7 Å². The van der Waals surface area contributed by atoms with Crippen molar-refractivity contribution in [1.82, 2.24) is 9.97 Å². The van der Waals surface area contributed by atoms with Crippen LogP contribution in [0.25, 0.3) is 28.8 Å².